The highest BCUT2D eigenvalue weighted by molar-refractivity contribution is 5.88. The molecular weight excluding hydrogens is 388 g/mol. The van der Waals surface area contributed by atoms with Crippen LogP contribution in [0.4, 0.5) is 17.3 Å². The van der Waals surface area contributed by atoms with E-state index in [0.29, 0.717) is 23.4 Å². The van der Waals surface area contributed by atoms with Crippen LogP contribution in [0, 0.1) is 0 Å². The molecule has 2 aromatic carbocycles. The van der Waals surface area contributed by atoms with Crippen molar-refractivity contribution >= 4 is 23.2 Å². The minimum absolute atomic E-state index is 0.191. The molecule has 3 aromatic rings. The summed E-state index contributed by atoms with van der Waals surface area (Å²) >= 11 is 0. The number of amides is 1. The molecule has 0 saturated carbocycles. The average Bonchev–Trinajstić information content (AvgIpc) is 2.81. The summed E-state index contributed by atoms with van der Waals surface area (Å²) in [5.74, 6) is 0.459. The number of anilines is 3. The van der Waals surface area contributed by atoms with Gasteiger partial charge in [-0.05, 0) is 37.3 Å². The van der Waals surface area contributed by atoms with Crippen LogP contribution in [0.3, 0.4) is 0 Å². The van der Waals surface area contributed by atoms with E-state index in [0.717, 1.165) is 30.5 Å². The molecular formula is C24H28N6O. The Bertz CT molecular complexity index is 972. The Morgan fingerprint density at radius 1 is 1.03 bits per heavy atom. The molecule has 0 bridgehead atoms. The molecule has 0 aliphatic carbocycles. The summed E-state index contributed by atoms with van der Waals surface area (Å²) < 4.78 is 0. The second kappa shape index (κ2) is 9.47. The highest BCUT2D eigenvalue weighted by atomic mass is 16.2. The minimum atomic E-state index is -0.459. The molecule has 31 heavy (non-hydrogen) atoms. The second-order valence-corrected chi connectivity index (χ2v) is 7.87. The smallest absolute Gasteiger partial charge is 0.250 e. The molecule has 160 valence electrons. The van der Waals surface area contributed by atoms with Crippen molar-refractivity contribution in [3.05, 3.63) is 78.1 Å². The molecule has 1 atom stereocenters. The molecule has 2 heterocycles. The fraction of sp³-hybridized carbons (Fsp3) is 0.292. The molecule has 0 radical (unpaired) electrons. The van der Waals surface area contributed by atoms with Crippen molar-refractivity contribution in [3.63, 3.8) is 0 Å². The predicted octanol–water partition coefficient (Wildman–Crippen LogP) is 3.71. The first kappa shape index (κ1) is 20.7. The van der Waals surface area contributed by atoms with Crippen molar-refractivity contribution in [1.82, 2.24) is 15.4 Å². The quantitative estimate of drug-likeness (QED) is 0.530. The molecule has 7 nitrogen and oxygen atoms in total. The van der Waals surface area contributed by atoms with Crippen molar-refractivity contribution in [2.75, 3.05) is 22.6 Å². The van der Waals surface area contributed by atoms with Crippen LogP contribution in [-0.4, -0.2) is 28.5 Å². The molecule has 1 aliphatic heterocycles. The van der Waals surface area contributed by atoms with Crippen LogP contribution < -0.4 is 21.5 Å². The SMILES string of the molecule is CC1CCCCN1c1ncnc(NNC(=O)C(c2ccccc2)c2ccccc2)c1N. The maximum Gasteiger partial charge on any atom is 0.250 e. The zero-order valence-corrected chi connectivity index (χ0v) is 17.7. The maximum absolute atomic E-state index is 13.2. The van der Waals surface area contributed by atoms with Crippen molar-refractivity contribution in [2.24, 2.45) is 0 Å². The number of benzene rings is 2. The van der Waals surface area contributed by atoms with E-state index >= 15 is 0 Å². The number of piperidine rings is 1. The lowest BCUT2D eigenvalue weighted by Crippen LogP contribution is -2.39. The van der Waals surface area contributed by atoms with Crippen LogP contribution in [0.15, 0.2) is 67.0 Å². The normalized spacial score (nSPS) is 16.2. The van der Waals surface area contributed by atoms with Gasteiger partial charge in [-0.1, -0.05) is 60.7 Å². The van der Waals surface area contributed by atoms with Crippen LogP contribution in [0.2, 0.25) is 0 Å². The number of hydrazine groups is 1. The van der Waals surface area contributed by atoms with Crippen LogP contribution >= 0.6 is 0 Å². The third kappa shape index (κ3) is 4.60. The number of hydrogen-bond donors (Lipinski definition) is 3. The zero-order valence-electron chi connectivity index (χ0n) is 17.7. The minimum Gasteiger partial charge on any atom is -0.393 e. The third-order valence-corrected chi connectivity index (χ3v) is 5.77. The highest BCUT2D eigenvalue weighted by Crippen LogP contribution is 2.31. The number of carbonyl (C=O) groups excluding carboxylic acids is 1. The summed E-state index contributed by atoms with van der Waals surface area (Å²) in [4.78, 5) is 24.1. The molecule has 4 N–H and O–H groups in total. The van der Waals surface area contributed by atoms with E-state index in [9.17, 15) is 4.79 Å². The zero-order chi connectivity index (χ0) is 21.6. The van der Waals surface area contributed by atoms with E-state index in [1.165, 1.54) is 12.7 Å². The van der Waals surface area contributed by atoms with Gasteiger partial charge in [0.1, 0.15) is 12.0 Å². The number of hydrogen-bond acceptors (Lipinski definition) is 6. The Morgan fingerprint density at radius 3 is 2.29 bits per heavy atom. The molecule has 1 aliphatic rings. The Balaban J connectivity index is 1.54. The van der Waals surface area contributed by atoms with E-state index < -0.39 is 5.92 Å². The van der Waals surface area contributed by atoms with Gasteiger partial charge < -0.3 is 10.6 Å². The molecule has 4 rings (SSSR count). The lowest BCUT2D eigenvalue weighted by molar-refractivity contribution is -0.121. The van der Waals surface area contributed by atoms with Gasteiger partial charge in [-0.2, -0.15) is 0 Å². The number of carbonyl (C=O) groups is 1. The number of aromatic nitrogens is 2. The van der Waals surface area contributed by atoms with Crippen molar-refractivity contribution in [3.8, 4) is 0 Å². The Kier molecular flexibility index (Phi) is 6.31. The van der Waals surface area contributed by atoms with Gasteiger partial charge >= 0.3 is 0 Å². The Labute approximate surface area is 182 Å². The second-order valence-electron chi connectivity index (χ2n) is 7.87. The molecule has 1 saturated heterocycles. The van der Waals surface area contributed by atoms with Gasteiger partial charge in [-0.3, -0.25) is 15.6 Å². The first-order valence-corrected chi connectivity index (χ1v) is 10.7. The Hall–Kier alpha value is -3.61. The van der Waals surface area contributed by atoms with Gasteiger partial charge in [0.15, 0.2) is 11.6 Å². The van der Waals surface area contributed by atoms with Crippen LogP contribution in [0.25, 0.3) is 0 Å². The Morgan fingerprint density at radius 2 is 1.68 bits per heavy atom. The molecule has 1 aromatic heterocycles. The first-order chi connectivity index (χ1) is 15.1. The van der Waals surface area contributed by atoms with Gasteiger partial charge in [-0.25, -0.2) is 9.97 Å². The molecule has 7 heteroatoms. The van der Waals surface area contributed by atoms with Gasteiger partial charge in [-0.15, -0.1) is 0 Å². The summed E-state index contributed by atoms with van der Waals surface area (Å²) in [5, 5.41) is 0. The summed E-state index contributed by atoms with van der Waals surface area (Å²) in [5.41, 5.74) is 14.4. The predicted molar refractivity (Wildman–Crippen MR) is 124 cm³/mol. The third-order valence-electron chi connectivity index (χ3n) is 5.77. The number of nitrogens with two attached hydrogens (primary N) is 1. The number of nitrogens with one attached hydrogen (secondary N) is 2. The summed E-state index contributed by atoms with van der Waals surface area (Å²) in [6.45, 7) is 3.10. The largest absolute Gasteiger partial charge is 0.393 e. The van der Waals surface area contributed by atoms with E-state index in [1.807, 2.05) is 60.7 Å². The molecule has 0 spiro atoms. The van der Waals surface area contributed by atoms with Gasteiger partial charge in [0, 0.05) is 12.6 Å². The van der Waals surface area contributed by atoms with Gasteiger partial charge in [0.05, 0.1) is 5.92 Å². The van der Waals surface area contributed by atoms with Crippen LogP contribution in [0.1, 0.15) is 43.2 Å². The lowest BCUT2D eigenvalue weighted by Gasteiger charge is -2.35. The van der Waals surface area contributed by atoms with Crippen molar-refractivity contribution in [1.29, 1.82) is 0 Å². The van der Waals surface area contributed by atoms with E-state index in [2.05, 4.69) is 32.6 Å². The summed E-state index contributed by atoms with van der Waals surface area (Å²) in [7, 11) is 0. The maximum atomic E-state index is 13.2. The highest BCUT2D eigenvalue weighted by Gasteiger charge is 2.25. The first-order valence-electron chi connectivity index (χ1n) is 10.7. The average molecular weight is 417 g/mol. The van der Waals surface area contributed by atoms with Crippen molar-refractivity contribution in [2.45, 2.75) is 38.1 Å². The standard InChI is InChI=1S/C24H28N6O/c1-17-10-8-9-15-30(17)23-21(25)22(26-16-27-23)28-29-24(31)20(18-11-4-2-5-12-18)19-13-6-3-7-14-19/h2-7,11-14,16-17,20H,8-10,15,25H2,1H3,(H,29,31)(H,26,27,28). The number of nitrogen functional groups attached to an aromatic ring is 1. The van der Waals surface area contributed by atoms with Crippen LogP contribution in [0.5, 0.6) is 0 Å². The van der Waals surface area contributed by atoms with E-state index in [-0.39, 0.29) is 5.91 Å². The number of nitrogens with zero attached hydrogens (tertiary/aromatic N) is 3. The molecule has 1 amide bonds. The molecule has 1 unspecified atom stereocenters. The van der Waals surface area contributed by atoms with Gasteiger partial charge in [0.2, 0.25) is 5.91 Å². The molecule has 1 fully saturated rings. The summed E-state index contributed by atoms with van der Waals surface area (Å²) in [6.07, 6.45) is 4.92. The summed E-state index contributed by atoms with van der Waals surface area (Å²) in [6, 6.07) is 19.8. The lowest BCUT2D eigenvalue weighted by atomic mass is 9.91. The van der Waals surface area contributed by atoms with Crippen LogP contribution in [-0.2, 0) is 4.79 Å². The van der Waals surface area contributed by atoms with E-state index in [1.54, 1.807) is 0 Å². The monoisotopic (exact) mass is 416 g/mol. The van der Waals surface area contributed by atoms with Crippen molar-refractivity contribution < 1.29 is 4.79 Å². The fourth-order valence-corrected chi connectivity index (χ4v) is 4.11. The van der Waals surface area contributed by atoms with Gasteiger partial charge in [0.25, 0.3) is 0 Å². The fourth-order valence-electron chi connectivity index (χ4n) is 4.11. The number of rotatable bonds is 6. The topological polar surface area (TPSA) is 96.2 Å². The van der Waals surface area contributed by atoms with E-state index in [4.69, 9.17) is 5.73 Å².